The van der Waals surface area contributed by atoms with Crippen molar-refractivity contribution in [2.45, 2.75) is 57.7 Å². The van der Waals surface area contributed by atoms with Gasteiger partial charge in [-0.3, -0.25) is 5.21 Å². The Morgan fingerprint density at radius 2 is 1.72 bits per heavy atom. The highest BCUT2D eigenvalue weighted by Crippen LogP contribution is 2.41. The summed E-state index contributed by atoms with van der Waals surface area (Å²) < 4.78 is 18.0. The summed E-state index contributed by atoms with van der Waals surface area (Å²) in [6.07, 6.45) is 3.52. The number of carboxylic acid groups (broad SMARTS) is 1. The number of hydrogen-bond acceptors (Lipinski definition) is 7. The van der Waals surface area contributed by atoms with Gasteiger partial charge in [0.15, 0.2) is 19.8 Å². The number of carboxylic acids is 1. The molecular weight excluding hydrogens is 577 g/mol. The number of halogens is 2. The first-order valence-electron chi connectivity index (χ1n) is 12.5. The Hall–Kier alpha value is -2.30. The predicted molar refractivity (Wildman–Crippen MR) is 154 cm³/mol. The van der Waals surface area contributed by atoms with Crippen LogP contribution in [0.4, 0.5) is 0 Å². The highest BCUT2D eigenvalue weighted by molar-refractivity contribution is 7.14. The van der Waals surface area contributed by atoms with Crippen LogP contribution < -0.4 is 19.3 Å². The van der Waals surface area contributed by atoms with Gasteiger partial charge in [0.05, 0.1) is 25.1 Å². The molecule has 0 saturated carbocycles. The topological polar surface area (TPSA) is 91.9 Å². The van der Waals surface area contributed by atoms with Crippen molar-refractivity contribution in [3.05, 3.63) is 73.1 Å². The minimum absolute atomic E-state index is 0.0726. The van der Waals surface area contributed by atoms with Crippen molar-refractivity contribution in [3.63, 3.8) is 0 Å². The summed E-state index contributed by atoms with van der Waals surface area (Å²) in [5.74, 6) is -0.665. The first kappa shape index (κ1) is 31.2. The number of pyridine rings is 1. The van der Waals surface area contributed by atoms with Gasteiger partial charge in [-0.25, -0.2) is 0 Å². The molecule has 212 valence electrons. The van der Waals surface area contributed by atoms with Gasteiger partial charge in [0.25, 0.3) is 0 Å². The fourth-order valence-corrected chi connectivity index (χ4v) is 6.73. The molecule has 0 aliphatic carbocycles. The zero-order valence-electron chi connectivity index (χ0n) is 23.3. The Bertz CT molecular complexity index is 1320. The fraction of sp³-hybridized carbons (Fsp3) is 0.429. The van der Waals surface area contributed by atoms with Crippen LogP contribution in [0.5, 0.6) is 11.5 Å². The number of thiophene rings is 1. The second-order valence-electron chi connectivity index (χ2n) is 10.8. The molecule has 0 radical (unpaired) electrons. The zero-order chi connectivity index (χ0) is 29.1. The van der Waals surface area contributed by atoms with E-state index in [1.165, 1.54) is 23.7 Å². The lowest BCUT2D eigenvalue weighted by molar-refractivity contribution is -0.904. The van der Waals surface area contributed by atoms with E-state index in [4.69, 9.17) is 37.1 Å². The van der Waals surface area contributed by atoms with Crippen molar-refractivity contribution in [1.82, 2.24) is 0 Å². The number of carbonyl (C=O) groups excluding carboxylic acids is 1. The molecule has 1 atom stereocenters. The number of aromatic nitrogens is 1. The van der Waals surface area contributed by atoms with Gasteiger partial charge in [-0.1, -0.05) is 50.0 Å². The van der Waals surface area contributed by atoms with Crippen LogP contribution in [0, 0.1) is 0 Å². The molecule has 0 amide bonds. The average molecular weight is 613 g/mol. The van der Waals surface area contributed by atoms with Gasteiger partial charge < -0.3 is 23.8 Å². The summed E-state index contributed by atoms with van der Waals surface area (Å²) in [5.41, 5.74) is 1.94. The molecule has 0 aliphatic rings. The molecule has 7 nitrogen and oxygen atoms in total. The summed E-state index contributed by atoms with van der Waals surface area (Å²) in [4.78, 5) is 13.3. The molecule has 3 rings (SSSR count). The average Bonchev–Trinajstić information content (AvgIpc) is 3.26. The molecule has 39 heavy (non-hydrogen) atoms. The first-order chi connectivity index (χ1) is 18.2. The van der Waals surface area contributed by atoms with Crippen LogP contribution in [-0.4, -0.2) is 40.3 Å². The van der Waals surface area contributed by atoms with Gasteiger partial charge in [-0.2, -0.15) is 0 Å². The quantitative estimate of drug-likeness (QED) is 0.165. The third kappa shape index (κ3) is 7.26. The van der Waals surface area contributed by atoms with E-state index >= 15 is 0 Å². The molecule has 11 heteroatoms. The Kier molecular flexibility index (Phi) is 9.99. The normalized spacial score (nSPS) is 12.8. The second-order valence-corrected chi connectivity index (χ2v) is 17.6. The lowest BCUT2D eigenvalue weighted by Crippen LogP contribution is -2.41. The molecule has 0 unspecified atom stereocenters. The van der Waals surface area contributed by atoms with Crippen LogP contribution in [-0.2, 0) is 17.3 Å². The summed E-state index contributed by atoms with van der Waals surface area (Å²) >= 11 is 14.1. The van der Waals surface area contributed by atoms with E-state index in [-0.39, 0.29) is 26.4 Å². The van der Waals surface area contributed by atoms with Crippen LogP contribution >= 0.6 is 34.5 Å². The molecule has 3 aromatic rings. The van der Waals surface area contributed by atoms with Gasteiger partial charge in [0.1, 0.15) is 10.0 Å². The molecule has 0 bridgehead atoms. The molecule has 1 aromatic carbocycles. The van der Waals surface area contributed by atoms with E-state index in [0.717, 1.165) is 15.2 Å². The van der Waals surface area contributed by atoms with Gasteiger partial charge in [0.2, 0.25) is 12.4 Å². The lowest BCUT2D eigenvalue weighted by atomic mass is 9.85. The van der Waals surface area contributed by atoms with E-state index in [0.29, 0.717) is 35.7 Å². The lowest BCUT2D eigenvalue weighted by Gasteiger charge is -2.36. The van der Waals surface area contributed by atoms with Crippen LogP contribution in [0.3, 0.4) is 0 Å². The number of nitrogens with zero attached hydrogens (tertiary/aromatic N) is 1. The Morgan fingerprint density at radius 1 is 1.10 bits per heavy atom. The maximum absolute atomic E-state index is 12.3. The second kappa shape index (κ2) is 12.5. The molecule has 1 N–H and O–H groups in total. The zero-order valence-corrected chi connectivity index (χ0v) is 26.6. The fourth-order valence-electron chi connectivity index (χ4n) is 4.04. The minimum Gasteiger partial charge on any atom is -0.544 e. The number of ether oxygens (including phenoxy) is 2. The van der Waals surface area contributed by atoms with Gasteiger partial charge >= 0.3 is 0 Å². The van der Waals surface area contributed by atoms with Crippen molar-refractivity contribution in [1.29, 1.82) is 0 Å². The maximum atomic E-state index is 12.3. The minimum atomic E-state index is -1.95. The van der Waals surface area contributed by atoms with Gasteiger partial charge in [-0.05, 0) is 53.9 Å². The van der Waals surface area contributed by atoms with E-state index in [1.54, 1.807) is 20.3 Å². The van der Waals surface area contributed by atoms with Crippen LogP contribution in [0.2, 0.25) is 28.2 Å². The number of benzene rings is 1. The highest BCUT2D eigenvalue weighted by atomic mass is 35.5. The van der Waals surface area contributed by atoms with Crippen molar-refractivity contribution >= 4 is 48.8 Å². The van der Waals surface area contributed by atoms with E-state index in [9.17, 15) is 15.1 Å². The molecule has 2 heterocycles. The number of carbonyl (C=O) groups is 1. The SMILES string of the molecule is COc1ccc([C@H](Cc2c(Cl)c[n+](O)cc2Cl)c2cc(CCO[Si](C)(C)C(C)(C)C)sc2C(=O)[O-])cc1OC. The maximum Gasteiger partial charge on any atom is 0.241 e. The summed E-state index contributed by atoms with van der Waals surface area (Å²) in [5, 5.41) is 22.8. The number of aromatic carboxylic acids is 1. The van der Waals surface area contributed by atoms with Crippen molar-refractivity contribution in [2.24, 2.45) is 0 Å². The largest absolute Gasteiger partial charge is 0.544 e. The van der Waals surface area contributed by atoms with E-state index in [2.05, 4.69) is 33.9 Å². The van der Waals surface area contributed by atoms with Gasteiger partial charge in [-0.15, -0.1) is 11.3 Å². The summed E-state index contributed by atoms with van der Waals surface area (Å²) in [6.45, 7) is 11.4. The van der Waals surface area contributed by atoms with Crippen molar-refractivity contribution in [2.75, 3.05) is 20.8 Å². The van der Waals surface area contributed by atoms with Crippen LogP contribution in [0.1, 0.15) is 57.9 Å². The highest BCUT2D eigenvalue weighted by Gasteiger charge is 2.37. The monoisotopic (exact) mass is 611 g/mol. The standard InChI is InChI=1S/C28H35Cl2NO6SSi/c1-28(2,3)39(6,7)37-11-10-18-13-20(26(38-18)27(32)33)19(14-21-22(29)15-31(34)16-23(21)30)17-8-9-24(35-4)25(12-17)36-5/h8-9,12-13,15-16,19H,10-11,14H2,1-7H3,(H-,32,33,34)/t19-/m0/s1. The van der Waals surface area contributed by atoms with Crippen molar-refractivity contribution in [3.8, 4) is 11.5 Å². The number of rotatable bonds is 11. The molecule has 0 fully saturated rings. The van der Waals surface area contributed by atoms with Crippen molar-refractivity contribution < 1.29 is 33.7 Å². The Morgan fingerprint density at radius 3 is 2.26 bits per heavy atom. The predicted octanol–water partition coefficient (Wildman–Crippen LogP) is 5.90. The molecule has 0 saturated heterocycles. The third-order valence-corrected chi connectivity index (χ3v) is 13.7. The van der Waals surface area contributed by atoms with Crippen LogP contribution in [0.15, 0.2) is 36.7 Å². The van der Waals surface area contributed by atoms with E-state index in [1.807, 2.05) is 18.2 Å². The number of methoxy groups -OCH3 is 2. The Balaban J connectivity index is 2.08. The molecule has 2 aromatic heterocycles. The molecule has 0 aliphatic heterocycles. The van der Waals surface area contributed by atoms with E-state index < -0.39 is 20.2 Å². The smallest absolute Gasteiger partial charge is 0.241 e. The van der Waals surface area contributed by atoms with Crippen LogP contribution in [0.25, 0.3) is 0 Å². The Labute approximate surface area is 245 Å². The summed E-state index contributed by atoms with van der Waals surface area (Å²) in [6, 6.07) is 7.36. The summed E-state index contributed by atoms with van der Waals surface area (Å²) in [7, 11) is 1.14. The van der Waals surface area contributed by atoms with Gasteiger partial charge in [0, 0.05) is 34.1 Å². The molecule has 0 spiro atoms. The number of hydrogen-bond donors (Lipinski definition) is 1. The molecular formula is C28H35Cl2NO6SSi. The third-order valence-electron chi connectivity index (χ3n) is 7.28. The first-order valence-corrected chi connectivity index (χ1v) is 16.9.